The molecule has 124 valence electrons. The number of urea groups is 1. The third-order valence-electron chi connectivity index (χ3n) is 3.53. The highest BCUT2D eigenvalue weighted by atomic mass is 16.5. The first-order valence-corrected chi connectivity index (χ1v) is 7.12. The Morgan fingerprint density at radius 1 is 1.35 bits per heavy atom. The number of hydrogen-bond acceptors (Lipinski definition) is 5. The van der Waals surface area contributed by atoms with Gasteiger partial charge < -0.3 is 25.0 Å². The molecule has 23 heavy (non-hydrogen) atoms. The van der Waals surface area contributed by atoms with E-state index in [0.717, 1.165) is 0 Å². The summed E-state index contributed by atoms with van der Waals surface area (Å²) < 4.78 is 9.76. The Hall–Kier alpha value is -2.77. The SMILES string of the molecule is COC(=O)C[C@@H]1C(=O)NCCN1C(=O)Nc1ccccc1OC. The number of esters is 1. The zero-order valence-electron chi connectivity index (χ0n) is 13.0. The molecule has 0 aliphatic carbocycles. The van der Waals surface area contributed by atoms with Crippen LogP contribution in [0.1, 0.15) is 6.42 Å². The number of carbonyl (C=O) groups is 3. The van der Waals surface area contributed by atoms with Gasteiger partial charge in [0.25, 0.3) is 0 Å². The van der Waals surface area contributed by atoms with Crippen molar-refractivity contribution in [2.75, 3.05) is 32.6 Å². The number of amides is 3. The van der Waals surface area contributed by atoms with Crippen molar-refractivity contribution >= 4 is 23.6 Å². The van der Waals surface area contributed by atoms with Crippen molar-refractivity contribution < 1.29 is 23.9 Å². The van der Waals surface area contributed by atoms with Crippen LogP contribution < -0.4 is 15.4 Å². The molecule has 1 aliphatic heterocycles. The van der Waals surface area contributed by atoms with Crippen LogP contribution >= 0.6 is 0 Å². The molecule has 0 spiro atoms. The summed E-state index contributed by atoms with van der Waals surface area (Å²) >= 11 is 0. The van der Waals surface area contributed by atoms with E-state index >= 15 is 0 Å². The number of piperazine rings is 1. The average Bonchev–Trinajstić information content (AvgIpc) is 2.56. The van der Waals surface area contributed by atoms with E-state index in [2.05, 4.69) is 15.4 Å². The van der Waals surface area contributed by atoms with Gasteiger partial charge in [-0.15, -0.1) is 0 Å². The van der Waals surface area contributed by atoms with Gasteiger partial charge in [0, 0.05) is 13.1 Å². The largest absolute Gasteiger partial charge is 0.495 e. The summed E-state index contributed by atoms with van der Waals surface area (Å²) in [5, 5.41) is 5.34. The number of anilines is 1. The van der Waals surface area contributed by atoms with Gasteiger partial charge in [-0.05, 0) is 12.1 Å². The molecule has 0 bridgehead atoms. The van der Waals surface area contributed by atoms with Gasteiger partial charge in [0.05, 0.1) is 26.3 Å². The van der Waals surface area contributed by atoms with Crippen molar-refractivity contribution in [3.05, 3.63) is 24.3 Å². The standard InChI is InChI=1S/C15H19N3O5/c1-22-12-6-4-3-5-10(12)17-15(21)18-8-7-16-14(20)11(18)9-13(19)23-2/h3-6,11H,7-9H2,1-2H3,(H,16,20)(H,17,21)/t11-/m1/s1. The Kier molecular flexibility index (Phi) is 5.40. The summed E-state index contributed by atoms with van der Waals surface area (Å²) in [6.07, 6.45) is -0.193. The fourth-order valence-corrected chi connectivity index (χ4v) is 2.34. The molecule has 1 atom stereocenters. The highest BCUT2D eigenvalue weighted by Gasteiger charge is 2.35. The second-order valence-electron chi connectivity index (χ2n) is 4.91. The molecule has 3 amide bonds. The highest BCUT2D eigenvalue weighted by Crippen LogP contribution is 2.24. The van der Waals surface area contributed by atoms with Crippen molar-refractivity contribution in [3.8, 4) is 5.75 Å². The minimum Gasteiger partial charge on any atom is -0.495 e. The molecule has 1 aromatic carbocycles. The maximum absolute atomic E-state index is 12.5. The zero-order valence-corrected chi connectivity index (χ0v) is 13.0. The molecular formula is C15H19N3O5. The Bertz CT molecular complexity index is 605. The van der Waals surface area contributed by atoms with E-state index in [0.29, 0.717) is 24.5 Å². The fraction of sp³-hybridized carbons (Fsp3) is 0.400. The number of nitrogens with zero attached hydrogens (tertiary/aromatic N) is 1. The third-order valence-corrected chi connectivity index (χ3v) is 3.53. The van der Waals surface area contributed by atoms with Crippen LogP contribution in [0.3, 0.4) is 0 Å². The summed E-state index contributed by atoms with van der Waals surface area (Å²) in [5.41, 5.74) is 0.489. The number of benzene rings is 1. The predicted octanol–water partition coefficient (Wildman–Crippen LogP) is 0.591. The van der Waals surface area contributed by atoms with Crippen molar-refractivity contribution in [2.24, 2.45) is 0 Å². The van der Waals surface area contributed by atoms with Crippen LogP contribution in [0.25, 0.3) is 0 Å². The van der Waals surface area contributed by atoms with E-state index in [1.807, 2.05) is 0 Å². The van der Waals surface area contributed by atoms with Crippen molar-refractivity contribution in [1.82, 2.24) is 10.2 Å². The van der Waals surface area contributed by atoms with Crippen LogP contribution in [0.5, 0.6) is 5.75 Å². The molecule has 2 N–H and O–H groups in total. The van der Waals surface area contributed by atoms with E-state index in [9.17, 15) is 14.4 Å². The number of hydrogen-bond donors (Lipinski definition) is 2. The number of methoxy groups -OCH3 is 2. The van der Waals surface area contributed by atoms with Gasteiger partial charge in [-0.1, -0.05) is 12.1 Å². The molecule has 0 saturated carbocycles. The van der Waals surface area contributed by atoms with Crippen LogP contribution in [0, 0.1) is 0 Å². The normalized spacial score (nSPS) is 17.2. The van der Waals surface area contributed by atoms with Gasteiger partial charge in [-0.25, -0.2) is 4.79 Å². The minimum atomic E-state index is -0.897. The summed E-state index contributed by atoms with van der Waals surface area (Å²) in [6.45, 7) is 0.629. The Balaban J connectivity index is 2.14. The second-order valence-corrected chi connectivity index (χ2v) is 4.91. The lowest BCUT2D eigenvalue weighted by molar-refractivity contribution is -0.145. The molecule has 2 rings (SSSR count). The van der Waals surface area contributed by atoms with E-state index in [-0.39, 0.29) is 12.3 Å². The van der Waals surface area contributed by atoms with Gasteiger partial charge in [0.1, 0.15) is 11.8 Å². The zero-order chi connectivity index (χ0) is 16.8. The van der Waals surface area contributed by atoms with Crippen molar-refractivity contribution in [1.29, 1.82) is 0 Å². The van der Waals surface area contributed by atoms with Crippen LogP contribution in [0.4, 0.5) is 10.5 Å². The lowest BCUT2D eigenvalue weighted by atomic mass is 10.1. The lowest BCUT2D eigenvalue weighted by Gasteiger charge is -2.34. The molecule has 1 aromatic rings. The molecule has 8 nitrogen and oxygen atoms in total. The lowest BCUT2D eigenvalue weighted by Crippen LogP contribution is -2.58. The molecule has 0 unspecified atom stereocenters. The van der Waals surface area contributed by atoms with E-state index in [1.165, 1.54) is 19.1 Å². The van der Waals surface area contributed by atoms with Gasteiger partial charge >= 0.3 is 12.0 Å². The minimum absolute atomic E-state index is 0.193. The van der Waals surface area contributed by atoms with E-state index in [1.54, 1.807) is 24.3 Å². The van der Waals surface area contributed by atoms with Crippen LogP contribution in [0.15, 0.2) is 24.3 Å². The molecule has 1 saturated heterocycles. The number of ether oxygens (including phenoxy) is 2. The Morgan fingerprint density at radius 2 is 2.09 bits per heavy atom. The first-order valence-electron chi connectivity index (χ1n) is 7.12. The number of para-hydroxylation sites is 2. The molecule has 8 heteroatoms. The second kappa shape index (κ2) is 7.48. The van der Waals surface area contributed by atoms with Gasteiger partial charge in [-0.2, -0.15) is 0 Å². The fourth-order valence-electron chi connectivity index (χ4n) is 2.34. The number of carbonyl (C=O) groups excluding carboxylic acids is 3. The molecule has 1 fully saturated rings. The van der Waals surface area contributed by atoms with E-state index < -0.39 is 18.0 Å². The van der Waals surface area contributed by atoms with Crippen molar-refractivity contribution in [2.45, 2.75) is 12.5 Å². The van der Waals surface area contributed by atoms with Gasteiger partial charge in [-0.3, -0.25) is 9.59 Å². The molecular weight excluding hydrogens is 302 g/mol. The predicted molar refractivity (Wildman–Crippen MR) is 82.1 cm³/mol. The van der Waals surface area contributed by atoms with Crippen molar-refractivity contribution in [3.63, 3.8) is 0 Å². The maximum atomic E-state index is 12.5. The Labute approximate surface area is 133 Å². The first-order chi connectivity index (χ1) is 11.1. The summed E-state index contributed by atoms with van der Waals surface area (Å²) in [6, 6.07) is 5.57. The molecule has 1 aliphatic rings. The summed E-state index contributed by atoms with van der Waals surface area (Å²) in [7, 11) is 2.74. The topological polar surface area (TPSA) is 97.0 Å². The monoisotopic (exact) mass is 321 g/mol. The summed E-state index contributed by atoms with van der Waals surface area (Å²) in [4.78, 5) is 37.3. The number of nitrogens with one attached hydrogen (secondary N) is 2. The van der Waals surface area contributed by atoms with E-state index in [4.69, 9.17) is 4.74 Å². The quantitative estimate of drug-likeness (QED) is 0.791. The molecule has 1 heterocycles. The summed E-state index contributed by atoms with van der Waals surface area (Å²) in [5.74, 6) is -0.425. The first kappa shape index (κ1) is 16.6. The Morgan fingerprint density at radius 3 is 2.78 bits per heavy atom. The molecule has 0 radical (unpaired) electrons. The smallest absolute Gasteiger partial charge is 0.322 e. The third kappa shape index (κ3) is 3.91. The molecule has 0 aromatic heterocycles. The average molecular weight is 321 g/mol. The van der Waals surface area contributed by atoms with Crippen LogP contribution in [0.2, 0.25) is 0 Å². The van der Waals surface area contributed by atoms with Gasteiger partial charge in [0.2, 0.25) is 5.91 Å². The highest BCUT2D eigenvalue weighted by molar-refractivity contribution is 5.96. The maximum Gasteiger partial charge on any atom is 0.322 e. The number of rotatable bonds is 4. The van der Waals surface area contributed by atoms with Crippen LogP contribution in [-0.2, 0) is 14.3 Å². The van der Waals surface area contributed by atoms with Crippen LogP contribution in [-0.4, -0.2) is 56.2 Å². The van der Waals surface area contributed by atoms with Gasteiger partial charge in [0.15, 0.2) is 0 Å².